The van der Waals surface area contributed by atoms with Gasteiger partial charge >= 0.3 is 12.1 Å². The molecule has 10 heteroatoms. The Hall–Kier alpha value is -2.43. The summed E-state index contributed by atoms with van der Waals surface area (Å²) in [6, 6.07) is 4.69. The van der Waals surface area contributed by atoms with Gasteiger partial charge in [-0.15, -0.1) is 0 Å². The predicted molar refractivity (Wildman–Crippen MR) is 129 cm³/mol. The van der Waals surface area contributed by atoms with Gasteiger partial charge in [-0.25, -0.2) is 4.39 Å². The van der Waals surface area contributed by atoms with E-state index >= 15 is 4.39 Å². The van der Waals surface area contributed by atoms with Gasteiger partial charge in [-0.1, -0.05) is 44.2 Å². The van der Waals surface area contributed by atoms with Crippen molar-refractivity contribution in [2.75, 3.05) is 40.3 Å². The molecule has 1 heterocycles. The molecule has 6 nitrogen and oxygen atoms in total. The Balaban J connectivity index is 2.15. The van der Waals surface area contributed by atoms with Crippen molar-refractivity contribution < 1.29 is 32.2 Å². The number of rotatable bonds is 8. The number of allylic oxidation sites excluding steroid dienone is 1. The number of aliphatic hydroxyl groups is 1. The smallest absolute Gasteiger partial charge is 0.407 e. The number of likely N-dealkylation sites (N-methyl/N-ethyl adjacent to an activating group) is 1. The molecule has 1 aromatic carbocycles. The minimum atomic E-state index is -4.86. The molecule has 1 saturated heterocycles. The Morgan fingerprint density at radius 3 is 2.31 bits per heavy atom. The van der Waals surface area contributed by atoms with Gasteiger partial charge < -0.3 is 19.6 Å². The van der Waals surface area contributed by atoms with E-state index in [2.05, 4.69) is 10.2 Å². The summed E-state index contributed by atoms with van der Waals surface area (Å²) >= 11 is 0. The van der Waals surface area contributed by atoms with Gasteiger partial charge in [0, 0.05) is 43.9 Å². The quantitative estimate of drug-likeness (QED) is 0.408. The molecular weight excluding hydrogens is 478 g/mol. The predicted octanol–water partition coefficient (Wildman–Crippen LogP) is 3.74. The topological polar surface area (TPSA) is 65.0 Å². The second-order valence-electron chi connectivity index (χ2n) is 9.91. The zero-order chi connectivity index (χ0) is 26.7. The maximum Gasteiger partial charge on any atom is 0.407 e. The van der Waals surface area contributed by atoms with E-state index in [-0.39, 0.29) is 29.2 Å². The number of hydrogen-bond acceptors (Lipinski definition) is 6. The van der Waals surface area contributed by atoms with Gasteiger partial charge in [-0.3, -0.25) is 10.1 Å². The second-order valence-corrected chi connectivity index (χ2v) is 9.91. The minimum Gasteiger partial charge on any atom is -0.468 e. The number of methoxy groups -OCH3 is 1. The molecule has 0 radical (unpaired) electrons. The number of nitrogens with zero attached hydrogens (tertiary/aromatic N) is 2. The van der Waals surface area contributed by atoms with Crippen molar-refractivity contribution in [3.63, 3.8) is 0 Å². The largest absolute Gasteiger partial charge is 0.468 e. The highest BCUT2D eigenvalue weighted by atomic mass is 19.4. The van der Waals surface area contributed by atoms with E-state index in [1.165, 1.54) is 6.08 Å². The van der Waals surface area contributed by atoms with Gasteiger partial charge in [0.1, 0.15) is 12.1 Å². The fraction of sp³-hybridized carbons (Fsp3) is 0.577. The highest BCUT2D eigenvalue weighted by Gasteiger charge is 2.50. The molecule has 1 fully saturated rings. The monoisotopic (exact) mass is 513 g/mol. The molecule has 3 rings (SSSR count). The average molecular weight is 514 g/mol. The van der Waals surface area contributed by atoms with Crippen LogP contribution in [0.1, 0.15) is 32.3 Å². The molecular formula is C26H35F4N3O3. The van der Waals surface area contributed by atoms with Crippen molar-refractivity contribution in [1.82, 2.24) is 15.1 Å². The third kappa shape index (κ3) is 6.66. The molecule has 36 heavy (non-hydrogen) atoms. The lowest BCUT2D eigenvalue weighted by atomic mass is 9.83. The van der Waals surface area contributed by atoms with E-state index < -0.39 is 36.5 Å². The fourth-order valence-corrected chi connectivity index (χ4v) is 4.73. The number of hydrogen-bond donors (Lipinski definition) is 2. The SMILES string of the molecule is COC(=O)C(CC(C)C)NC(C1=C(N2CCN(C)CC2)C=C(c2ccccc2)C(O)(F)C1)C(F)(F)F. The van der Waals surface area contributed by atoms with Gasteiger partial charge in [0.05, 0.1) is 7.11 Å². The standard InChI is InChI=1S/C26H35F4N3O3/c1-17(2)14-21(24(34)36-4)31-23(26(28,29)30)19-16-25(27,35)20(18-8-6-5-7-9-18)15-22(19)33-12-10-32(3)11-13-33/h5-9,15,17,21,23,31,35H,10-14,16H2,1-4H3. The lowest BCUT2D eigenvalue weighted by molar-refractivity contribution is -0.158. The van der Waals surface area contributed by atoms with Gasteiger partial charge in [0.2, 0.25) is 5.85 Å². The number of halogens is 4. The Morgan fingerprint density at radius 1 is 1.17 bits per heavy atom. The molecule has 1 aromatic rings. The first-order chi connectivity index (χ1) is 16.8. The number of benzene rings is 1. The number of alkyl halides is 4. The maximum absolute atomic E-state index is 15.7. The molecule has 0 bridgehead atoms. The van der Waals surface area contributed by atoms with E-state index in [1.54, 1.807) is 49.1 Å². The normalized spacial score (nSPS) is 23.5. The Kier molecular flexibility index (Phi) is 8.84. The number of carbonyl (C=O) groups excluding carboxylic acids is 1. The van der Waals surface area contributed by atoms with E-state index in [4.69, 9.17) is 4.74 Å². The van der Waals surface area contributed by atoms with Crippen molar-refractivity contribution in [3.8, 4) is 0 Å². The van der Waals surface area contributed by atoms with E-state index in [0.29, 0.717) is 31.7 Å². The van der Waals surface area contributed by atoms with Gasteiger partial charge in [0.25, 0.3) is 0 Å². The van der Waals surface area contributed by atoms with Crippen molar-refractivity contribution in [2.24, 2.45) is 5.92 Å². The first-order valence-electron chi connectivity index (χ1n) is 12.1. The van der Waals surface area contributed by atoms with Crippen LogP contribution in [0.25, 0.3) is 5.57 Å². The average Bonchev–Trinajstić information content (AvgIpc) is 2.81. The highest BCUT2D eigenvalue weighted by molar-refractivity contribution is 5.77. The Labute approximate surface area is 209 Å². The summed E-state index contributed by atoms with van der Waals surface area (Å²) in [5.74, 6) is -3.96. The van der Waals surface area contributed by atoms with Crippen LogP contribution < -0.4 is 5.32 Å². The summed E-state index contributed by atoms with van der Waals surface area (Å²) in [5.41, 5.74) is 0.173. The summed E-state index contributed by atoms with van der Waals surface area (Å²) in [7, 11) is 3.04. The molecule has 2 aliphatic rings. The third-order valence-corrected chi connectivity index (χ3v) is 6.61. The second kappa shape index (κ2) is 11.3. The van der Waals surface area contributed by atoms with Crippen LogP contribution in [0.3, 0.4) is 0 Å². The number of piperazine rings is 1. The molecule has 3 atom stereocenters. The first-order valence-corrected chi connectivity index (χ1v) is 12.1. The number of nitrogens with one attached hydrogen (secondary N) is 1. The van der Waals surface area contributed by atoms with Crippen LogP contribution in [-0.2, 0) is 9.53 Å². The van der Waals surface area contributed by atoms with Crippen molar-refractivity contribution in [3.05, 3.63) is 53.2 Å². The Morgan fingerprint density at radius 2 is 1.78 bits per heavy atom. The van der Waals surface area contributed by atoms with Crippen molar-refractivity contribution in [1.29, 1.82) is 0 Å². The van der Waals surface area contributed by atoms with Crippen LogP contribution in [0.2, 0.25) is 0 Å². The van der Waals surface area contributed by atoms with Gasteiger partial charge in [0.15, 0.2) is 0 Å². The van der Waals surface area contributed by atoms with Crippen LogP contribution >= 0.6 is 0 Å². The maximum atomic E-state index is 15.7. The summed E-state index contributed by atoms with van der Waals surface area (Å²) < 4.78 is 64.1. The van der Waals surface area contributed by atoms with Crippen molar-refractivity contribution >= 4 is 11.5 Å². The van der Waals surface area contributed by atoms with Crippen LogP contribution in [0, 0.1) is 5.92 Å². The zero-order valence-electron chi connectivity index (χ0n) is 21.1. The van der Waals surface area contributed by atoms with Crippen molar-refractivity contribution in [2.45, 2.75) is 50.8 Å². The third-order valence-electron chi connectivity index (χ3n) is 6.61. The number of carbonyl (C=O) groups is 1. The van der Waals surface area contributed by atoms with Crippen LogP contribution in [-0.4, -0.2) is 85.3 Å². The van der Waals surface area contributed by atoms with Crippen LogP contribution in [0.5, 0.6) is 0 Å². The minimum absolute atomic E-state index is 0.0894. The van der Waals surface area contributed by atoms with Crippen LogP contribution in [0.15, 0.2) is 47.7 Å². The van der Waals surface area contributed by atoms with E-state index in [0.717, 1.165) is 7.11 Å². The zero-order valence-corrected chi connectivity index (χ0v) is 21.1. The molecule has 0 saturated carbocycles. The Bertz CT molecular complexity index is 968. The lowest BCUT2D eigenvalue weighted by Crippen LogP contribution is -2.54. The van der Waals surface area contributed by atoms with Crippen LogP contribution in [0.4, 0.5) is 17.6 Å². The molecule has 2 N–H and O–H groups in total. The summed E-state index contributed by atoms with van der Waals surface area (Å²) in [6.45, 7) is 5.68. The molecule has 0 amide bonds. The van der Waals surface area contributed by atoms with Gasteiger partial charge in [-0.2, -0.15) is 13.2 Å². The molecule has 1 aliphatic carbocycles. The molecule has 0 aromatic heterocycles. The molecule has 0 spiro atoms. The number of ether oxygens (including phenoxy) is 1. The highest BCUT2D eigenvalue weighted by Crippen LogP contribution is 2.44. The summed E-state index contributed by atoms with van der Waals surface area (Å²) in [6.07, 6.45) is -4.32. The fourth-order valence-electron chi connectivity index (χ4n) is 4.73. The molecule has 1 aliphatic heterocycles. The lowest BCUT2D eigenvalue weighted by Gasteiger charge is -2.41. The van der Waals surface area contributed by atoms with E-state index in [9.17, 15) is 23.1 Å². The van der Waals surface area contributed by atoms with Gasteiger partial charge in [-0.05, 0) is 36.6 Å². The van der Waals surface area contributed by atoms with E-state index in [1.807, 2.05) is 7.05 Å². The first kappa shape index (κ1) is 28.1. The molecule has 3 unspecified atom stereocenters. The number of esters is 1. The molecule has 200 valence electrons. The summed E-state index contributed by atoms with van der Waals surface area (Å²) in [4.78, 5) is 16.2. The summed E-state index contributed by atoms with van der Waals surface area (Å²) in [5, 5.41) is 13.2.